The largest absolute Gasteiger partial charge is 0.372 e. The minimum Gasteiger partial charge on any atom is -0.372 e. The van der Waals surface area contributed by atoms with Gasteiger partial charge in [-0.25, -0.2) is 0 Å². The zero-order chi connectivity index (χ0) is 14.3. The number of nitrogens with zero attached hydrogens (tertiary/aromatic N) is 3. The molecular weight excluding hydrogens is 236 g/mol. The highest BCUT2D eigenvalue weighted by atomic mass is 15.2. The Labute approximate surface area is 116 Å². The highest BCUT2D eigenvalue weighted by molar-refractivity contribution is 5.60. The third-order valence-electron chi connectivity index (χ3n) is 3.05. The monoisotopic (exact) mass is 260 g/mol. The lowest BCUT2D eigenvalue weighted by Crippen LogP contribution is -2.29. The van der Waals surface area contributed by atoms with Crippen LogP contribution in [-0.2, 0) is 6.54 Å². The Hall–Kier alpha value is -1.57. The van der Waals surface area contributed by atoms with E-state index in [0.717, 1.165) is 43.0 Å². The molecule has 0 saturated carbocycles. The molecule has 0 atom stereocenters. The molecule has 1 rings (SSSR count). The first-order valence-electron chi connectivity index (χ1n) is 6.68. The number of nitrogens with one attached hydrogen (secondary N) is 1. The van der Waals surface area contributed by atoms with Crippen LogP contribution in [0, 0.1) is 11.3 Å². The summed E-state index contributed by atoms with van der Waals surface area (Å²) in [4.78, 5) is 4.28. The maximum absolute atomic E-state index is 9.29. The Balaban J connectivity index is 2.80. The summed E-state index contributed by atoms with van der Waals surface area (Å²) in [6.45, 7) is 5.71. The van der Waals surface area contributed by atoms with E-state index in [9.17, 15) is 5.26 Å². The van der Waals surface area contributed by atoms with E-state index in [2.05, 4.69) is 48.3 Å². The summed E-state index contributed by atoms with van der Waals surface area (Å²) >= 11 is 0. The lowest BCUT2D eigenvalue weighted by Gasteiger charge is -2.23. The van der Waals surface area contributed by atoms with Crippen molar-refractivity contribution in [2.75, 3.05) is 45.7 Å². The van der Waals surface area contributed by atoms with Crippen LogP contribution < -0.4 is 10.2 Å². The summed E-state index contributed by atoms with van der Waals surface area (Å²) in [7, 11) is 6.14. The van der Waals surface area contributed by atoms with Gasteiger partial charge in [0.15, 0.2) is 0 Å². The van der Waals surface area contributed by atoms with Gasteiger partial charge in [0, 0.05) is 26.7 Å². The molecule has 4 nitrogen and oxygen atoms in total. The van der Waals surface area contributed by atoms with Crippen LogP contribution in [-0.4, -0.2) is 45.7 Å². The maximum atomic E-state index is 9.29. The van der Waals surface area contributed by atoms with Gasteiger partial charge in [0.1, 0.15) is 6.07 Å². The zero-order valence-electron chi connectivity index (χ0n) is 12.4. The van der Waals surface area contributed by atoms with Gasteiger partial charge in [-0.2, -0.15) is 5.26 Å². The van der Waals surface area contributed by atoms with Crippen LogP contribution in [0.15, 0.2) is 18.2 Å². The van der Waals surface area contributed by atoms with Gasteiger partial charge in [-0.1, -0.05) is 13.0 Å². The van der Waals surface area contributed by atoms with Crippen LogP contribution in [0.5, 0.6) is 0 Å². The molecule has 0 saturated heterocycles. The van der Waals surface area contributed by atoms with Gasteiger partial charge in [0.2, 0.25) is 0 Å². The summed E-state index contributed by atoms with van der Waals surface area (Å²) in [6.07, 6.45) is 0. The molecule has 104 valence electrons. The fraction of sp³-hybridized carbons (Fsp3) is 0.533. The van der Waals surface area contributed by atoms with Crippen molar-refractivity contribution in [3.63, 3.8) is 0 Å². The van der Waals surface area contributed by atoms with Crippen molar-refractivity contribution >= 4 is 5.69 Å². The van der Waals surface area contributed by atoms with Gasteiger partial charge in [-0.3, -0.25) is 0 Å². The van der Waals surface area contributed by atoms with Crippen LogP contribution in [0.4, 0.5) is 5.69 Å². The molecule has 0 heterocycles. The van der Waals surface area contributed by atoms with Gasteiger partial charge < -0.3 is 15.1 Å². The Morgan fingerprint density at radius 3 is 2.53 bits per heavy atom. The second kappa shape index (κ2) is 7.78. The Bertz CT molecular complexity index is 434. The molecule has 1 N–H and O–H groups in total. The molecule has 4 heteroatoms. The van der Waals surface area contributed by atoms with Gasteiger partial charge in [-0.05, 0) is 38.3 Å². The van der Waals surface area contributed by atoms with Gasteiger partial charge >= 0.3 is 0 Å². The second-order valence-electron chi connectivity index (χ2n) is 4.97. The molecule has 0 aliphatic rings. The van der Waals surface area contributed by atoms with Crippen molar-refractivity contribution in [1.82, 2.24) is 10.2 Å². The Morgan fingerprint density at radius 2 is 1.95 bits per heavy atom. The van der Waals surface area contributed by atoms with E-state index in [1.54, 1.807) is 0 Å². The average molecular weight is 260 g/mol. The molecule has 19 heavy (non-hydrogen) atoms. The first kappa shape index (κ1) is 15.5. The molecule has 0 bridgehead atoms. The molecule has 1 aromatic carbocycles. The number of nitriles is 1. The quantitative estimate of drug-likeness (QED) is 0.810. The lowest BCUT2D eigenvalue weighted by atomic mass is 10.1. The Morgan fingerprint density at radius 1 is 1.21 bits per heavy atom. The molecule has 0 radical (unpaired) electrons. The maximum Gasteiger partial charge on any atom is 0.101 e. The highest BCUT2D eigenvalue weighted by Gasteiger charge is 2.08. The third-order valence-corrected chi connectivity index (χ3v) is 3.05. The predicted octanol–water partition coefficient (Wildman–Crippen LogP) is 1.67. The molecule has 0 spiro atoms. The van der Waals surface area contributed by atoms with Crippen LogP contribution in [0.2, 0.25) is 0 Å². The summed E-state index contributed by atoms with van der Waals surface area (Å²) in [5.41, 5.74) is 2.91. The number of likely N-dealkylation sites (N-methyl/N-ethyl adjacent to an activating group) is 2. The van der Waals surface area contributed by atoms with Crippen molar-refractivity contribution in [2.45, 2.75) is 13.5 Å². The standard InChI is InChI=1S/C15H24N4/c1-5-17-12-13-6-7-15(14(10-13)11-16)19(4)9-8-18(2)3/h6-7,10,17H,5,8-9,12H2,1-4H3. The van der Waals surface area contributed by atoms with Crippen LogP contribution >= 0.6 is 0 Å². The van der Waals surface area contributed by atoms with E-state index in [0.29, 0.717) is 0 Å². The summed E-state index contributed by atoms with van der Waals surface area (Å²) in [6, 6.07) is 8.41. The molecular formula is C15H24N4. The van der Waals surface area contributed by atoms with Crippen molar-refractivity contribution < 1.29 is 0 Å². The highest BCUT2D eigenvalue weighted by Crippen LogP contribution is 2.20. The molecule has 0 aromatic heterocycles. The van der Waals surface area contributed by atoms with Crippen molar-refractivity contribution in [2.24, 2.45) is 0 Å². The van der Waals surface area contributed by atoms with Gasteiger partial charge in [0.05, 0.1) is 11.3 Å². The van der Waals surface area contributed by atoms with E-state index >= 15 is 0 Å². The van der Waals surface area contributed by atoms with Crippen LogP contribution in [0.25, 0.3) is 0 Å². The fourth-order valence-electron chi connectivity index (χ4n) is 1.86. The average Bonchev–Trinajstić information content (AvgIpc) is 2.42. The smallest absolute Gasteiger partial charge is 0.101 e. The van der Waals surface area contributed by atoms with Crippen molar-refractivity contribution in [3.05, 3.63) is 29.3 Å². The van der Waals surface area contributed by atoms with E-state index in [1.165, 1.54) is 0 Å². The Kier molecular flexibility index (Phi) is 6.34. The number of rotatable bonds is 7. The van der Waals surface area contributed by atoms with Crippen molar-refractivity contribution in [1.29, 1.82) is 5.26 Å². The number of benzene rings is 1. The molecule has 0 amide bonds. The zero-order valence-corrected chi connectivity index (χ0v) is 12.4. The molecule has 0 fully saturated rings. The summed E-state index contributed by atoms with van der Waals surface area (Å²) < 4.78 is 0. The van der Waals surface area contributed by atoms with E-state index in [4.69, 9.17) is 0 Å². The molecule has 0 aliphatic heterocycles. The normalized spacial score (nSPS) is 10.5. The van der Waals surface area contributed by atoms with Crippen molar-refractivity contribution in [3.8, 4) is 6.07 Å². The lowest BCUT2D eigenvalue weighted by molar-refractivity contribution is 0.416. The minimum atomic E-state index is 0.747. The fourth-order valence-corrected chi connectivity index (χ4v) is 1.86. The third kappa shape index (κ3) is 4.90. The minimum absolute atomic E-state index is 0.747. The predicted molar refractivity (Wildman–Crippen MR) is 80.4 cm³/mol. The second-order valence-corrected chi connectivity index (χ2v) is 4.97. The molecule has 0 aliphatic carbocycles. The van der Waals surface area contributed by atoms with Crippen LogP contribution in [0.1, 0.15) is 18.1 Å². The van der Waals surface area contributed by atoms with Gasteiger partial charge in [-0.15, -0.1) is 0 Å². The topological polar surface area (TPSA) is 42.3 Å². The van der Waals surface area contributed by atoms with Gasteiger partial charge in [0.25, 0.3) is 0 Å². The molecule has 0 unspecified atom stereocenters. The van der Waals surface area contributed by atoms with Crippen LogP contribution in [0.3, 0.4) is 0 Å². The van der Waals surface area contributed by atoms with E-state index in [-0.39, 0.29) is 0 Å². The number of hydrogen-bond donors (Lipinski definition) is 1. The SMILES string of the molecule is CCNCc1ccc(N(C)CCN(C)C)c(C#N)c1. The summed E-state index contributed by atoms with van der Waals surface area (Å²) in [5.74, 6) is 0. The first-order valence-corrected chi connectivity index (χ1v) is 6.68. The molecule has 1 aromatic rings. The number of anilines is 1. The summed E-state index contributed by atoms with van der Waals surface area (Å²) in [5, 5.41) is 12.6. The van der Waals surface area contributed by atoms with E-state index < -0.39 is 0 Å². The number of hydrogen-bond acceptors (Lipinski definition) is 4. The van der Waals surface area contributed by atoms with E-state index in [1.807, 2.05) is 19.2 Å². The first-order chi connectivity index (χ1) is 9.08.